The third kappa shape index (κ3) is 25.0. The van der Waals surface area contributed by atoms with E-state index in [9.17, 15) is 14.4 Å². The number of unbranched alkanes of at least 4 members (excludes halogenated alkanes) is 14. The zero-order valence-corrected chi connectivity index (χ0v) is 22.2. The van der Waals surface area contributed by atoms with Gasteiger partial charge in [-0.3, -0.25) is 14.4 Å². The maximum atomic E-state index is 11.7. The summed E-state index contributed by atoms with van der Waals surface area (Å²) in [4.78, 5) is 35.1. The molecular formula is C28H52O6. The van der Waals surface area contributed by atoms with Crippen LogP contribution in [0.4, 0.5) is 0 Å². The number of esters is 3. The fourth-order valence-corrected chi connectivity index (χ4v) is 3.65. The van der Waals surface area contributed by atoms with Crippen LogP contribution in [0.25, 0.3) is 0 Å². The minimum Gasteiger partial charge on any atom is -0.466 e. The van der Waals surface area contributed by atoms with Crippen molar-refractivity contribution in [3.05, 3.63) is 0 Å². The fourth-order valence-electron chi connectivity index (χ4n) is 3.65. The molecule has 0 rings (SSSR count). The summed E-state index contributed by atoms with van der Waals surface area (Å²) in [5.74, 6) is -0.849. The van der Waals surface area contributed by atoms with Crippen molar-refractivity contribution >= 4 is 17.9 Å². The van der Waals surface area contributed by atoms with E-state index in [2.05, 4.69) is 13.8 Å². The van der Waals surface area contributed by atoms with Crippen molar-refractivity contribution in [3.63, 3.8) is 0 Å². The summed E-state index contributed by atoms with van der Waals surface area (Å²) in [6.45, 7) is 5.69. The summed E-state index contributed by atoms with van der Waals surface area (Å²) >= 11 is 0. The molecule has 6 heteroatoms. The van der Waals surface area contributed by atoms with Crippen LogP contribution in [0.15, 0.2) is 0 Å². The maximum absolute atomic E-state index is 11.7. The quantitative estimate of drug-likeness (QED) is 0.0760. The van der Waals surface area contributed by atoms with Crippen LogP contribution >= 0.6 is 0 Å². The van der Waals surface area contributed by atoms with Crippen LogP contribution in [0, 0.1) is 0 Å². The molecular weight excluding hydrogens is 432 g/mol. The zero-order valence-electron chi connectivity index (χ0n) is 22.2. The fraction of sp³-hybridized carbons (Fsp3) is 0.893. The van der Waals surface area contributed by atoms with E-state index >= 15 is 0 Å². The van der Waals surface area contributed by atoms with E-state index < -0.39 is 0 Å². The van der Waals surface area contributed by atoms with Crippen LogP contribution in [-0.4, -0.2) is 37.7 Å². The number of rotatable bonds is 25. The molecule has 0 bridgehead atoms. The number of carbonyl (C=O) groups is 3. The molecule has 0 fully saturated rings. The lowest BCUT2D eigenvalue weighted by Gasteiger charge is -2.07. The first-order valence-corrected chi connectivity index (χ1v) is 14.1. The third-order valence-electron chi connectivity index (χ3n) is 5.84. The summed E-state index contributed by atoms with van der Waals surface area (Å²) < 4.78 is 15.6. The van der Waals surface area contributed by atoms with E-state index in [-0.39, 0.29) is 30.7 Å². The molecule has 0 atom stereocenters. The first-order valence-electron chi connectivity index (χ1n) is 14.1. The average Bonchev–Trinajstić information content (AvgIpc) is 2.83. The highest BCUT2D eigenvalue weighted by molar-refractivity contribution is 5.77. The van der Waals surface area contributed by atoms with E-state index in [4.69, 9.17) is 14.2 Å². The molecule has 200 valence electrons. The van der Waals surface area contributed by atoms with Gasteiger partial charge >= 0.3 is 17.9 Å². The second-order valence-electron chi connectivity index (χ2n) is 9.21. The van der Waals surface area contributed by atoms with Crippen LogP contribution in [0.1, 0.15) is 142 Å². The molecule has 0 saturated carbocycles. The van der Waals surface area contributed by atoms with Gasteiger partial charge in [-0.1, -0.05) is 90.9 Å². The molecule has 0 N–H and O–H groups in total. The van der Waals surface area contributed by atoms with Crippen LogP contribution in [0.2, 0.25) is 0 Å². The minimum atomic E-state index is -0.373. The van der Waals surface area contributed by atoms with Gasteiger partial charge in [-0.15, -0.1) is 0 Å². The monoisotopic (exact) mass is 484 g/mol. The van der Waals surface area contributed by atoms with Crippen molar-refractivity contribution in [2.24, 2.45) is 0 Å². The predicted molar refractivity (Wildman–Crippen MR) is 137 cm³/mol. The van der Waals surface area contributed by atoms with Gasteiger partial charge in [0.05, 0.1) is 32.7 Å². The van der Waals surface area contributed by atoms with E-state index in [1.54, 1.807) is 0 Å². The maximum Gasteiger partial charge on any atom is 0.306 e. The first kappa shape index (κ1) is 32.4. The number of hydrogen-bond acceptors (Lipinski definition) is 6. The molecule has 0 aliphatic carbocycles. The van der Waals surface area contributed by atoms with Crippen molar-refractivity contribution in [1.29, 1.82) is 0 Å². The molecule has 0 aromatic heterocycles. The molecule has 6 nitrogen and oxygen atoms in total. The zero-order chi connectivity index (χ0) is 25.1. The number of hydrogen-bond donors (Lipinski definition) is 0. The van der Waals surface area contributed by atoms with Crippen molar-refractivity contribution in [1.82, 2.24) is 0 Å². The Morgan fingerprint density at radius 2 is 0.676 bits per heavy atom. The van der Waals surface area contributed by atoms with Crippen molar-refractivity contribution in [2.45, 2.75) is 142 Å². The summed E-state index contributed by atoms with van der Waals surface area (Å²) in [6, 6.07) is 0. The Labute approximate surface area is 208 Å². The van der Waals surface area contributed by atoms with Gasteiger partial charge in [-0.2, -0.15) is 0 Å². The number of ether oxygens (including phenoxy) is 3. The lowest BCUT2D eigenvalue weighted by Crippen LogP contribution is -2.11. The van der Waals surface area contributed by atoms with Gasteiger partial charge in [0.1, 0.15) is 0 Å². The molecule has 0 aromatic carbocycles. The van der Waals surface area contributed by atoms with E-state index in [1.807, 2.05) is 0 Å². The van der Waals surface area contributed by atoms with Crippen molar-refractivity contribution in [3.8, 4) is 0 Å². The highest BCUT2D eigenvalue weighted by Crippen LogP contribution is 2.09. The van der Waals surface area contributed by atoms with Crippen LogP contribution < -0.4 is 0 Å². The summed E-state index contributed by atoms with van der Waals surface area (Å²) in [6.07, 6.45) is 19.4. The molecule has 0 amide bonds. The van der Waals surface area contributed by atoms with Crippen molar-refractivity contribution in [2.75, 3.05) is 19.8 Å². The molecule has 34 heavy (non-hydrogen) atoms. The summed E-state index contributed by atoms with van der Waals surface area (Å²) in [5.41, 5.74) is 0. The van der Waals surface area contributed by atoms with Crippen LogP contribution in [-0.2, 0) is 28.6 Å². The molecule has 0 aliphatic heterocycles. The smallest absolute Gasteiger partial charge is 0.306 e. The predicted octanol–water partition coefficient (Wildman–Crippen LogP) is 7.46. The molecule has 0 aromatic rings. The molecule has 0 unspecified atom stereocenters. The Bertz CT molecular complexity index is 491. The molecule has 0 radical (unpaired) electrons. The third-order valence-corrected chi connectivity index (χ3v) is 5.84. The van der Waals surface area contributed by atoms with E-state index in [0.29, 0.717) is 32.7 Å². The lowest BCUT2D eigenvalue weighted by atomic mass is 10.1. The topological polar surface area (TPSA) is 78.9 Å². The van der Waals surface area contributed by atoms with Gasteiger partial charge in [0.25, 0.3) is 0 Å². The molecule has 0 heterocycles. The van der Waals surface area contributed by atoms with Gasteiger partial charge < -0.3 is 14.2 Å². The van der Waals surface area contributed by atoms with E-state index in [0.717, 1.165) is 38.5 Å². The minimum absolute atomic E-state index is 0.0563. The molecule has 0 aliphatic rings. The average molecular weight is 485 g/mol. The summed E-state index contributed by atoms with van der Waals surface area (Å²) in [5, 5.41) is 0. The number of carbonyl (C=O) groups excluding carboxylic acids is 3. The Morgan fingerprint density at radius 3 is 1.06 bits per heavy atom. The van der Waals surface area contributed by atoms with Gasteiger partial charge in [0.2, 0.25) is 0 Å². The highest BCUT2D eigenvalue weighted by atomic mass is 16.5. The Hall–Kier alpha value is -1.59. The van der Waals surface area contributed by atoms with Gasteiger partial charge in [-0.05, 0) is 32.1 Å². The Balaban J connectivity index is 3.40. The normalized spacial score (nSPS) is 10.8. The largest absolute Gasteiger partial charge is 0.466 e. The van der Waals surface area contributed by atoms with Crippen LogP contribution in [0.5, 0.6) is 0 Å². The Kier molecular flexibility index (Phi) is 24.8. The van der Waals surface area contributed by atoms with Gasteiger partial charge in [-0.25, -0.2) is 0 Å². The second kappa shape index (κ2) is 26.0. The standard InChI is InChI=1S/C28H52O6/c1-3-5-7-9-11-13-17-23-32-26(29)20-16-15-19-25-34-28(31)22-21-27(30)33-24-18-14-12-10-8-6-4-2/h3-25H2,1-2H3. The molecule has 0 saturated heterocycles. The first-order chi connectivity index (χ1) is 16.6. The summed E-state index contributed by atoms with van der Waals surface area (Å²) in [7, 11) is 0. The van der Waals surface area contributed by atoms with Gasteiger partial charge in [0, 0.05) is 6.42 Å². The SMILES string of the molecule is CCCCCCCCCOC(=O)CCCCCOC(=O)CCC(=O)OCCCCCCCCC. The highest BCUT2D eigenvalue weighted by Gasteiger charge is 2.09. The van der Waals surface area contributed by atoms with Gasteiger partial charge in [0.15, 0.2) is 0 Å². The molecule has 0 spiro atoms. The van der Waals surface area contributed by atoms with Crippen molar-refractivity contribution < 1.29 is 28.6 Å². The van der Waals surface area contributed by atoms with E-state index in [1.165, 1.54) is 64.2 Å². The lowest BCUT2D eigenvalue weighted by molar-refractivity contribution is -0.150. The second-order valence-corrected chi connectivity index (χ2v) is 9.21. The Morgan fingerprint density at radius 1 is 0.382 bits per heavy atom. The van der Waals surface area contributed by atoms with Crippen LogP contribution in [0.3, 0.4) is 0 Å².